The van der Waals surface area contributed by atoms with E-state index in [9.17, 15) is 27.3 Å². The third-order valence-electron chi connectivity index (χ3n) is 4.35. The van der Waals surface area contributed by atoms with Gasteiger partial charge in [-0.2, -0.15) is 4.31 Å². The molecule has 0 radical (unpaired) electrons. The Morgan fingerprint density at radius 1 is 1.04 bits per heavy atom. The molecule has 1 fully saturated rings. The Morgan fingerprint density at radius 2 is 1.71 bits per heavy atom. The van der Waals surface area contributed by atoms with Gasteiger partial charge in [-0.1, -0.05) is 0 Å². The van der Waals surface area contributed by atoms with Gasteiger partial charge in [-0.3, -0.25) is 10.1 Å². The van der Waals surface area contributed by atoms with Crippen LogP contribution >= 0.6 is 0 Å². The van der Waals surface area contributed by atoms with Crippen molar-refractivity contribution >= 4 is 15.7 Å². The third kappa shape index (κ3) is 4.11. The number of benzene rings is 2. The molecule has 0 atom stereocenters. The summed E-state index contributed by atoms with van der Waals surface area (Å²) in [7, 11) is -2.03. The quantitative estimate of drug-likeness (QED) is 0.553. The Kier molecular flexibility index (Phi) is 5.59. The minimum Gasteiger partial charge on any atom is -0.450 e. The van der Waals surface area contributed by atoms with Crippen LogP contribution in [0.15, 0.2) is 41.3 Å². The Bertz CT molecular complexity index is 1010. The number of hydrogen-bond donors (Lipinski definition) is 0. The molecule has 0 saturated carbocycles. The molecule has 28 heavy (non-hydrogen) atoms. The van der Waals surface area contributed by atoms with Gasteiger partial charge in [-0.05, 0) is 31.3 Å². The molecule has 1 saturated heterocycles. The van der Waals surface area contributed by atoms with Gasteiger partial charge in [-0.25, -0.2) is 17.2 Å². The fourth-order valence-corrected chi connectivity index (χ4v) is 4.17. The molecule has 0 aromatic heterocycles. The SMILES string of the molecule is CN1CCN(S(=O)(=O)c2ccc(Oc3ccc(F)c(F)c3)c([N+](=O)[O-])c2)CC1. The molecule has 3 rings (SSSR count). The Labute approximate surface area is 160 Å². The standard InChI is InChI=1S/C17H17F2N3O5S/c1-20-6-8-21(9-7-20)28(25,26)13-3-5-17(16(11-13)22(23)24)27-12-2-4-14(18)15(19)10-12/h2-5,10-11H,6-9H2,1H3. The molecule has 8 nitrogen and oxygen atoms in total. The van der Waals surface area contributed by atoms with Gasteiger partial charge in [0.2, 0.25) is 15.8 Å². The first-order valence-electron chi connectivity index (χ1n) is 8.28. The molecular weight excluding hydrogens is 396 g/mol. The molecule has 0 bridgehead atoms. The van der Waals surface area contributed by atoms with Crippen LogP contribution in [-0.4, -0.2) is 55.8 Å². The van der Waals surface area contributed by atoms with E-state index in [-0.39, 0.29) is 29.5 Å². The number of ether oxygens (including phenoxy) is 1. The van der Waals surface area contributed by atoms with Crippen molar-refractivity contribution in [3.63, 3.8) is 0 Å². The van der Waals surface area contributed by atoms with Gasteiger partial charge in [-0.15, -0.1) is 0 Å². The maximum Gasteiger partial charge on any atom is 0.312 e. The molecule has 2 aromatic carbocycles. The molecule has 0 aliphatic carbocycles. The highest BCUT2D eigenvalue weighted by atomic mass is 32.2. The van der Waals surface area contributed by atoms with Crippen LogP contribution in [0.25, 0.3) is 0 Å². The van der Waals surface area contributed by atoms with Crippen molar-refractivity contribution < 1.29 is 26.9 Å². The summed E-state index contributed by atoms with van der Waals surface area (Å²) >= 11 is 0. The van der Waals surface area contributed by atoms with Crippen molar-refractivity contribution in [2.75, 3.05) is 33.2 Å². The summed E-state index contributed by atoms with van der Waals surface area (Å²) < 4.78 is 58.4. The summed E-state index contributed by atoms with van der Waals surface area (Å²) in [6, 6.07) is 5.90. The van der Waals surface area contributed by atoms with E-state index in [1.807, 2.05) is 11.9 Å². The van der Waals surface area contributed by atoms with E-state index >= 15 is 0 Å². The van der Waals surface area contributed by atoms with Crippen LogP contribution in [0.1, 0.15) is 0 Å². The maximum atomic E-state index is 13.3. The number of nitro benzene ring substituents is 1. The van der Waals surface area contributed by atoms with Crippen molar-refractivity contribution in [2.45, 2.75) is 4.90 Å². The predicted octanol–water partition coefficient (Wildman–Crippen LogP) is 2.60. The van der Waals surface area contributed by atoms with E-state index in [0.29, 0.717) is 13.1 Å². The second-order valence-electron chi connectivity index (χ2n) is 6.27. The average Bonchev–Trinajstić information content (AvgIpc) is 2.65. The molecule has 0 unspecified atom stereocenters. The summed E-state index contributed by atoms with van der Waals surface area (Å²) in [5.41, 5.74) is -0.597. The monoisotopic (exact) mass is 413 g/mol. The van der Waals surface area contributed by atoms with Gasteiger partial charge in [0.25, 0.3) is 0 Å². The molecule has 11 heteroatoms. The summed E-state index contributed by atoms with van der Waals surface area (Å²) in [6.45, 7) is 1.66. The van der Waals surface area contributed by atoms with Gasteiger partial charge in [0.05, 0.1) is 9.82 Å². The van der Waals surface area contributed by atoms with E-state index in [0.717, 1.165) is 30.3 Å². The summed E-state index contributed by atoms with van der Waals surface area (Å²) in [4.78, 5) is 12.4. The fourth-order valence-electron chi connectivity index (χ4n) is 2.73. The Balaban J connectivity index is 1.92. The van der Waals surface area contributed by atoms with E-state index in [1.165, 1.54) is 10.4 Å². The highest BCUT2D eigenvalue weighted by Crippen LogP contribution is 2.34. The number of rotatable bonds is 5. The van der Waals surface area contributed by atoms with E-state index in [2.05, 4.69) is 0 Å². The molecule has 150 valence electrons. The normalized spacial score (nSPS) is 16.1. The molecule has 1 heterocycles. The van der Waals surface area contributed by atoms with Crippen LogP contribution in [0, 0.1) is 21.7 Å². The zero-order valence-electron chi connectivity index (χ0n) is 14.8. The minimum absolute atomic E-state index is 0.156. The zero-order chi connectivity index (χ0) is 20.5. The topological polar surface area (TPSA) is 93.0 Å². The van der Waals surface area contributed by atoms with Crippen LogP contribution in [0.5, 0.6) is 11.5 Å². The van der Waals surface area contributed by atoms with Gasteiger partial charge in [0.15, 0.2) is 11.6 Å². The lowest BCUT2D eigenvalue weighted by atomic mass is 10.3. The van der Waals surface area contributed by atoms with Crippen LogP contribution in [0.4, 0.5) is 14.5 Å². The lowest BCUT2D eigenvalue weighted by molar-refractivity contribution is -0.385. The Morgan fingerprint density at radius 3 is 2.32 bits per heavy atom. The second-order valence-corrected chi connectivity index (χ2v) is 8.21. The van der Waals surface area contributed by atoms with Gasteiger partial charge >= 0.3 is 5.69 Å². The first-order valence-corrected chi connectivity index (χ1v) is 9.72. The van der Waals surface area contributed by atoms with Crippen LogP contribution in [-0.2, 0) is 10.0 Å². The average molecular weight is 413 g/mol. The van der Waals surface area contributed by atoms with Gasteiger partial charge in [0, 0.05) is 38.3 Å². The zero-order valence-corrected chi connectivity index (χ0v) is 15.7. The van der Waals surface area contributed by atoms with E-state index in [4.69, 9.17) is 4.74 Å². The lowest BCUT2D eigenvalue weighted by Crippen LogP contribution is -2.47. The second kappa shape index (κ2) is 7.78. The largest absolute Gasteiger partial charge is 0.450 e. The molecule has 0 spiro atoms. The van der Waals surface area contributed by atoms with Crippen molar-refractivity contribution in [3.05, 3.63) is 58.1 Å². The number of sulfonamides is 1. The number of nitro groups is 1. The van der Waals surface area contributed by atoms with Crippen LogP contribution in [0.3, 0.4) is 0 Å². The van der Waals surface area contributed by atoms with Crippen molar-refractivity contribution in [1.82, 2.24) is 9.21 Å². The molecule has 0 N–H and O–H groups in total. The first-order chi connectivity index (χ1) is 13.2. The van der Waals surface area contributed by atoms with E-state index < -0.39 is 32.3 Å². The molecule has 2 aromatic rings. The van der Waals surface area contributed by atoms with Gasteiger partial charge < -0.3 is 9.64 Å². The predicted molar refractivity (Wildman–Crippen MR) is 95.8 cm³/mol. The van der Waals surface area contributed by atoms with Crippen molar-refractivity contribution in [3.8, 4) is 11.5 Å². The summed E-state index contributed by atoms with van der Waals surface area (Å²) in [6.07, 6.45) is 0. The molecule has 1 aliphatic rings. The third-order valence-corrected chi connectivity index (χ3v) is 6.24. The summed E-state index contributed by atoms with van der Waals surface area (Å²) in [5.74, 6) is -2.70. The lowest BCUT2D eigenvalue weighted by Gasteiger charge is -2.31. The first kappa shape index (κ1) is 20.1. The number of halogens is 2. The maximum absolute atomic E-state index is 13.3. The van der Waals surface area contributed by atoms with Crippen molar-refractivity contribution in [1.29, 1.82) is 0 Å². The van der Waals surface area contributed by atoms with Crippen LogP contribution < -0.4 is 4.74 Å². The fraction of sp³-hybridized carbons (Fsp3) is 0.294. The van der Waals surface area contributed by atoms with Crippen LogP contribution in [0.2, 0.25) is 0 Å². The number of nitrogens with zero attached hydrogens (tertiary/aromatic N) is 3. The minimum atomic E-state index is -3.91. The number of piperazine rings is 1. The Hall–Kier alpha value is -2.63. The highest BCUT2D eigenvalue weighted by molar-refractivity contribution is 7.89. The number of hydrogen-bond acceptors (Lipinski definition) is 6. The van der Waals surface area contributed by atoms with E-state index in [1.54, 1.807) is 0 Å². The highest BCUT2D eigenvalue weighted by Gasteiger charge is 2.30. The van der Waals surface area contributed by atoms with Crippen molar-refractivity contribution in [2.24, 2.45) is 0 Å². The molecular formula is C17H17F2N3O5S. The molecule has 0 amide bonds. The smallest absolute Gasteiger partial charge is 0.312 e. The number of likely N-dealkylation sites (N-methyl/N-ethyl adjacent to an activating group) is 1. The molecule has 1 aliphatic heterocycles. The van der Waals surface area contributed by atoms with Gasteiger partial charge in [0.1, 0.15) is 5.75 Å². The summed E-state index contributed by atoms with van der Waals surface area (Å²) in [5, 5.41) is 11.4.